The van der Waals surface area contributed by atoms with Crippen molar-refractivity contribution in [2.45, 2.75) is 44.8 Å². The minimum absolute atomic E-state index is 0.0754. The molecule has 0 radical (unpaired) electrons. The van der Waals surface area contributed by atoms with Crippen LogP contribution in [0.1, 0.15) is 25.1 Å². The maximum Gasteiger partial charge on any atom is 0.222 e. The lowest BCUT2D eigenvalue weighted by atomic mass is 10.1. The molecule has 4 rings (SSSR count). The van der Waals surface area contributed by atoms with Gasteiger partial charge in [0.05, 0.1) is 0 Å². The molecule has 1 unspecified atom stereocenters. The number of aromatic nitrogens is 5. The quantitative estimate of drug-likeness (QED) is 0.764. The highest BCUT2D eigenvalue weighted by Crippen LogP contribution is 2.22. The summed E-state index contributed by atoms with van der Waals surface area (Å²) < 4.78 is 3.96. The van der Waals surface area contributed by atoms with E-state index >= 15 is 0 Å². The molecule has 0 saturated heterocycles. The van der Waals surface area contributed by atoms with E-state index in [1.165, 1.54) is 0 Å². The second-order valence-corrected chi connectivity index (χ2v) is 6.57. The first kappa shape index (κ1) is 16.5. The average Bonchev–Trinajstić information content (AvgIpc) is 3.29. The normalized spacial score (nSPS) is 16.7. The summed E-state index contributed by atoms with van der Waals surface area (Å²) in [6, 6.07) is 12.2. The number of hydrogen-bond acceptors (Lipinski definition) is 4. The van der Waals surface area contributed by atoms with Crippen LogP contribution in [0.15, 0.2) is 48.8 Å². The predicted molar refractivity (Wildman–Crippen MR) is 97.2 cm³/mol. The lowest BCUT2D eigenvalue weighted by molar-refractivity contribution is -0.122. The highest BCUT2D eigenvalue weighted by molar-refractivity contribution is 5.76. The molecule has 0 fully saturated rings. The molecule has 7 heteroatoms. The molecule has 1 aliphatic heterocycles. The van der Waals surface area contributed by atoms with Gasteiger partial charge in [0.2, 0.25) is 5.91 Å². The molecule has 7 nitrogen and oxygen atoms in total. The molecule has 2 aromatic heterocycles. The molecule has 3 aromatic rings. The number of nitrogens with one attached hydrogen (secondary N) is 1. The van der Waals surface area contributed by atoms with Crippen molar-refractivity contribution in [2.75, 3.05) is 0 Å². The van der Waals surface area contributed by atoms with E-state index in [-0.39, 0.29) is 11.9 Å². The highest BCUT2D eigenvalue weighted by atomic mass is 16.1. The van der Waals surface area contributed by atoms with Gasteiger partial charge in [-0.25, -0.2) is 0 Å². The summed E-state index contributed by atoms with van der Waals surface area (Å²) in [5.74, 6) is 1.98. The molecule has 0 saturated carbocycles. The van der Waals surface area contributed by atoms with Crippen molar-refractivity contribution < 1.29 is 4.79 Å². The van der Waals surface area contributed by atoms with Gasteiger partial charge in [-0.3, -0.25) is 9.48 Å². The second-order valence-electron chi connectivity index (χ2n) is 6.57. The summed E-state index contributed by atoms with van der Waals surface area (Å²) in [6.45, 7) is 1.42. The summed E-state index contributed by atoms with van der Waals surface area (Å²) in [6.07, 6.45) is 6.64. The van der Waals surface area contributed by atoms with Gasteiger partial charge in [-0.1, -0.05) is 30.3 Å². The van der Waals surface area contributed by atoms with Crippen molar-refractivity contribution in [3.63, 3.8) is 0 Å². The fourth-order valence-electron chi connectivity index (χ4n) is 3.38. The first-order valence-corrected chi connectivity index (χ1v) is 9.04. The van der Waals surface area contributed by atoms with Crippen molar-refractivity contribution in [3.05, 3.63) is 54.6 Å². The van der Waals surface area contributed by atoms with Crippen molar-refractivity contribution in [1.29, 1.82) is 0 Å². The molecule has 1 N–H and O–H groups in total. The molecule has 1 amide bonds. The van der Waals surface area contributed by atoms with E-state index in [2.05, 4.69) is 37.3 Å². The molecule has 3 heterocycles. The number of carbonyl (C=O) groups is 1. The van der Waals surface area contributed by atoms with Gasteiger partial charge in [-0.2, -0.15) is 5.10 Å². The van der Waals surface area contributed by atoms with Crippen molar-refractivity contribution in [1.82, 2.24) is 29.9 Å². The van der Waals surface area contributed by atoms with Gasteiger partial charge in [0, 0.05) is 49.9 Å². The molecule has 1 atom stereocenters. The Hall–Kier alpha value is -2.96. The maximum absolute atomic E-state index is 12.2. The number of benzene rings is 1. The van der Waals surface area contributed by atoms with E-state index < -0.39 is 0 Å². The van der Waals surface area contributed by atoms with Crippen LogP contribution in [-0.4, -0.2) is 36.5 Å². The molecule has 1 aromatic carbocycles. The molecule has 0 spiro atoms. The zero-order chi connectivity index (χ0) is 17.8. The van der Waals surface area contributed by atoms with Crippen LogP contribution in [0.3, 0.4) is 0 Å². The van der Waals surface area contributed by atoms with Crippen molar-refractivity contribution in [3.8, 4) is 11.4 Å². The summed E-state index contributed by atoms with van der Waals surface area (Å²) in [4.78, 5) is 12.2. The first-order chi connectivity index (χ1) is 12.8. The number of nitrogens with zero attached hydrogens (tertiary/aromatic N) is 5. The van der Waals surface area contributed by atoms with Gasteiger partial charge < -0.3 is 9.88 Å². The molecule has 26 heavy (non-hydrogen) atoms. The smallest absolute Gasteiger partial charge is 0.222 e. The first-order valence-electron chi connectivity index (χ1n) is 9.04. The second kappa shape index (κ2) is 7.51. The molecule has 1 aliphatic rings. The third-order valence-corrected chi connectivity index (χ3v) is 4.77. The highest BCUT2D eigenvalue weighted by Gasteiger charge is 2.21. The zero-order valence-electron chi connectivity index (χ0n) is 14.6. The summed E-state index contributed by atoms with van der Waals surface area (Å²) >= 11 is 0. The van der Waals surface area contributed by atoms with Gasteiger partial charge in [0.1, 0.15) is 5.82 Å². The minimum Gasteiger partial charge on any atom is -0.353 e. The van der Waals surface area contributed by atoms with Gasteiger partial charge in [-0.15, -0.1) is 10.2 Å². The average molecular weight is 350 g/mol. The maximum atomic E-state index is 12.2. The van der Waals surface area contributed by atoms with Gasteiger partial charge in [-0.05, 0) is 18.9 Å². The predicted octanol–water partition coefficient (Wildman–Crippen LogP) is 2.05. The Bertz CT molecular complexity index is 856. The van der Waals surface area contributed by atoms with Crippen molar-refractivity contribution >= 4 is 5.91 Å². The van der Waals surface area contributed by atoms with Crippen LogP contribution in [0.2, 0.25) is 0 Å². The Morgan fingerprint density at radius 2 is 2.04 bits per heavy atom. The molecule has 134 valence electrons. The van der Waals surface area contributed by atoms with E-state index in [0.29, 0.717) is 13.0 Å². The number of carbonyl (C=O) groups excluding carboxylic acids is 1. The van der Waals surface area contributed by atoms with Gasteiger partial charge in [0.25, 0.3) is 0 Å². The van der Waals surface area contributed by atoms with Crippen LogP contribution in [0.4, 0.5) is 0 Å². The number of aryl methyl sites for hydroxylation is 2. The summed E-state index contributed by atoms with van der Waals surface area (Å²) in [5, 5.41) is 16.0. The van der Waals surface area contributed by atoms with Crippen LogP contribution in [-0.2, 0) is 24.3 Å². The van der Waals surface area contributed by atoms with Crippen LogP contribution in [0.25, 0.3) is 11.4 Å². The summed E-state index contributed by atoms with van der Waals surface area (Å²) in [7, 11) is 0. The van der Waals surface area contributed by atoms with E-state index in [1.807, 2.05) is 30.5 Å². The van der Waals surface area contributed by atoms with Gasteiger partial charge >= 0.3 is 0 Å². The molecule has 0 aliphatic carbocycles. The Morgan fingerprint density at radius 3 is 2.85 bits per heavy atom. The van der Waals surface area contributed by atoms with Crippen LogP contribution in [0, 0.1) is 0 Å². The Morgan fingerprint density at radius 1 is 1.15 bits per heavy atom. The van der Waals surface area contributed by atoms with E-state index in [1.54, 1.807) is 10.9 Å². The summed E-state index contributed by atoms with van der Waals surface area (Å²) in [5.41, 5.74) is 1.08. The Kier molecular flexibility index (Phi) is 4.77. The largest absolute Gasteiger partial charge is 0.353 e. The van der Waals surface area contributed by atoms with E-state index in [4.69, 9.17) is 0 Å². The van der Waals surface area contributed by atoms with Crippen LogP contribution < -0.4 is 5.32 Å². The molecule has 0 bridgehead atoms. The van der Waals surface area contributed by atoms with Gasteiger partial charge in [0.15, 0.2) is 5.82 Å². The number of hydrogen-bond donors (Lipinski definition) is 1. The third-order valence-electron chi connectivity index (χ3n) is 4.77. The fraction of sp³-hybridized carbons (Fsp3) is 0.368. The Labute approximate surface area is 152 Å². The third kappa shape index (κ3) is 3.66. The zero-order valence-corrected chi connectivity index (χ0v) is 14.6. The SMILES string of the molecule is O=C(CCn1cccn1)NC1CCc2nnc(-c3ccccc3)n2CC1. The van der Waals surface area contributed by atoms with E-state index in [0.717, 1.165) is 43.0 Å². The topological polar surface area (TPSA) is 77.6 Å². The van der Waals surface area contributed by atoms with Crippen LogP contribution in [0.5, 0.6) is 0 Å². The lowest BCUT2D eigenvalue weighted by Gasteiger charge is -2.16. The molecular weight excluding hydrogens is 328 g/mol. The van der Waals surface area contributed by atoms with E-state index in [9.17, 15) is 4.79 Å². The molecular formula is C19H22N6O. The Balaban J connectivity index is 1.36. The minimum atomic E-state index is 0.0754. The number of amides is 1. The monoisotopic (exact) mass is 350 g/mol. The number of fused-ring (bicyclic) bond motifs is 1. The lowest BCUT2D eigenvalue weighted by Crippen LogP contribution is -2.35. The van der Waals surface area contributed by atoms with Crippen molar-refractivity contribution in [2.24, 2.45) is 0 Å². The standard InChI is InChI=1S/C19H22N6O/c26-18(10-13-24-12-4-11-20-24)21-16-7-8-17-22-23-19(25(17)14-9-16)15-5-2-1-3-6-15/h1-6,11-12,16H,7-10,13-14H2,(H,21,26). The fourth-order valence-corrected chi connectivity index (χ4v) is 3.38. The number of rotatable bonds is 5. The van der Waals surface area contributed by atoms with Crippen LogP contribution >= 0.6 is 0 Å².